The van der Waals surface area contributed by atoms with Crippen molar-refractivity contribution in [2.75, 3.05) is 13.1 Å². The van der Waals surface area contributed by atoms with Gasteiger partial charge in [-0.25, -0.2) is 0 Å². The lowest BCUT2D eigenvalue weighted by atomic mass is 9.91. The molecular weight excluding hydrogens is 194 g/mol. The average Bonchev–Trinajstić information content (AvgIpc) is 2.05. The van der Waals surface area contributed by atoms with E-state index in [4.69, 9.17) is 5.11 Å². The Hall–Kier alpha value is -0.610. The second-order valence-electron chi connectivity index (χ2n) is 5.27. The number of nitrogens with zero attached hydrogens (tertiary/aromatic N) is 1. The molecule has 2 unspecified atom stereocenters. The van der Waals surface area contributed by atoms with Crippen molar-refractivity contribution >= 4 is 5.97 Å². The molecule has 0 bridgehead atoms. The number of aliphatic hydroxyl groups is 1. The van der Waals surface area contributed by atoms with Gasteiger partial charge in [-0.2, -0.15) is 0 Å². The number of hydrogen-bond acceptors (Lipinski definition) is 3. The number of piperidine rings is 1. The van der Waals surface area contributed by atoms with Crippen LogP contribution in [0.1, 0.15) is 33.6 Å². The number of carbonyl (C=O) groups is 1. The first-order valence-corrected chi connectivity index (χ1v) is 5.49. The Kier molecular flexibility index (Phi) is 3.73. The summed E-state index contributed by atoms with van der Waals surface area (Å²) in [6.07, 6.45) is 1.70. The fourth-order valence-corrected chi connectivity index (χ4v) is 2.13. The number of carboxylic acid groups (broad SMARTS) is 1. The van der Waals surface area contributed by atoms with Crippen molar-refractivity contribution in [3.05, 3.63) is 0 Å². The summed E-state index contributed by atoms with van der Waals surface area (Å²) in [6.45, 7) is 6.70. The topological polar surface area (TPSA) is 60.8 Å². The van der Waals surface area contributed by atoms with Crippen molar-refractivity contribution in [1.29, 1.82) is 0 Å². The molecule has 4 heteroatoms. The molecule has 1 rings (SSSR count). The second kappa shape index (κ2) is 4.49. The molecule has 1 aliphatic rings. The molecule has 0 saturated carbocycles. The van der Waals surface area contributed by atoms with Gasteiger partial charge in [-0.15, -0.1) is 0 Å². The van der Waals surface area contributed by atoms with Gasteiger partial charge in [0.25, 0.3) is 0 Å². The van der Waals surface area contributed by atoms with E-state index >= 15 is 0 Å². The van der Waals surface area contributed by atoms with Crippen molar-refractivity contribution in [1.82, 2.24) is 4.90 Å². The second-order valence-corrected chi connectivity index (χ2v) is 5.27. The van der Waals surface area contributed by atoms with Gasteiger partial charge in [-0.3, -0.25) is 9.69 Å². The Labute approximate surface area is 90.9 Å². The highest BCUT2D eigenvalue weighted by atomic mass is 16.4. The van der Waals surface area contributed by atoms with E-state index in [0.717, 1.165) is 13.0 Å². The summed E-state index contributed by atoms with van der Waals surface area (Å²) in [5.41, 5.74) is -0.825. The minimum Gasteiger partial charge on any atom is -0.480 e. The molecule has 15 heavy (non-hydrogen) atoms. The van der Waals surface area contributed by atoms with Crippen LogP contribution in [0.2, 0.25) is 0 Å². The highest BCUT2D eigenvalue weighted by Gasteiger charge is 2.34. The predicted octanol–water partition coefficient (Wildman–Crippen LogP) is 0.942. The van der Waals surface area contributed by atoms with E-state index in [1.54, 1.807) is 13.8 Å². The summed E-state index contributed by atoms with van der Waals surface area (Å²) in [5, 5.41) is 18.8. The summed E-state index contributed by atoms with van der Waals surface area (Å²) in [4.78, 5) is 13.0. The van der Waals surface area contributed by atoms with Crippen LogP contribution >= 0.6 is 0 Å². The number of aliphatic carboxylic acids is 1. The normalized spacial score (nSPS) is 29.1. The van der Waals surface area contributed by atoms with E-state index < -0.39 is 17.6 Å². The molecule has 0 aromatic carbocycles. The molecule has 4 nitrogen and oxygen atoms in total. The summed E-state index contributed by atoms with van der Waals surface area (Å²) >= 11 is 0. The van der Waals surface area contributed by atoms with Crippen LogP contribution in [0.5, 0.6) is 0 Å². The predicted molar refractivity (Wildman–Crippen MR) is 57.7 cm³/mol. The molecule has 0 aromatic heterocycles. The maximum Gasteiger partial charge on any atom is 0.320 e. The minimum absolute atomic E-state index is 0.427. The zero-order chi connectivity index (χ0) is 11.6. The zero-order valence-corrected chi connectivity index (χ0v) is 9.73. The van der Waals surface area contributed by atoms with Crippen LogP contribution in [-0.2, 0) is 4.79 Å². The van der Waals surface area contributed by atoms with Gasteiger partial charge in [0.2, 0.25) is 0 Å². The minimum atomic E-state index is -0.825. The van der Waals surface area contributed by atoms with E-state index in [2.05, 4.69) is 6.92 Å². The summed E-state index contributed by atoms with van der Waals surface area (Å²) < 4.78 is 0. The van der Waals surface area contributed by atoms with Gasteiger partial charge >= 0.3 is 5.97 Å². The number of rotatable bonds is 3. The van der Waals surface area contributed by atoms with Crippen LogP contribution in [0.15, 0.2) is 0 Å². The molecule has 1 aliphatic heterocycles. The molecule has 0 aromatic rings. The lowest BCUT2D eigenvalue weighted by Crippen LogP contribution is -2.51. The molecule has 1 heterocycles. The van der Waals surface area contributed by atoms with Crippen LogP contribution in [0.25, 0.3) is 0 Å². The first kappa shape index (κ1) is 12.5. The van der Waals surface area contributed by atoms with Crippen molar-refractivity contribution in [3.8, 4) is 0 Å². The SMILES string of the molecule is CC1CCN(CC(C)(C)O)C(C(=O)O)C1. The molecule has 2 N–H and O–H groups in total. The standard InChI is InChI=1S/C11H21NO3/c1-8-4-5-12(7-11(2,3)15)9(6-8)10(13)14/h8-9,15H,4-7H2,1-3H3,(H,13,14). The number of carboxylic acids is 1. The van der Waals surface area contributed by atoms with E-state index in [9.17, 15) is 9.90 Å². The highest BCUT2D eigenvalue weighted by molar-refractivity contribution is 5.73. The number of likely N-dealkylation sites (tertiary alicyclic amines) is 1. The van der Waals surface area contributed by atoms with E-state index in [1.165, 1.54) is 0 Å². The quantitative estimate of drug-likeness (QED) is 0.735. The molecule has 88 valence electrons. The summed E-state index contributed by atoms with van der Waals surface area (Å²) in [7, 11) is 0. The lowest BCUT2D eigenvalue weighted by molar-refractivity contribution is -0.146. The molecular formula is C11H21NO3. The maximum absolute atomic E-state index is 11.1. The Morgan fingerprint density at radius 2 is 2.13 bits per heavy atom. The zero-order valence-electron chi connectivity index (χ0n) is 9.73. The lowest BCUT2D eigenvalue weighted by Gasteiger charge is -2.38. The fraction of sp³-hybridized carbons (Fsp3) is 0.909. The van der Waals surface area contributed by atoms with Crippen molar-refractivity contribution in [2.45, 2.75) is 45.3 Å². The maximum atomic E-state index is 11.1. The van der Waals surface area contributed by atoms with Crippen LogP contribution < -0.4 is 0 Å². The Morgan fingerprint density at radius 3 is 2.60 bits per heavy atom. The number of hydrogen-bond donors (Lipinski definition) is 2. The third-order valence-electron chi connectivity index (χ3n) is 2.85. The molecule has 0 aliphatic carbocycles. The Morgan fingerprint density at radius 1 is 1.53 bits per heavy atom. The van der Waals surface area contributed by atoms with Crippen LogP contribution in [0.3, 0.4) is 0 Å². The van der Waals surface area contributed by atoms with Crippen molar-refractivity contribution in [2.24, 2.45) is 5.92 Å². The van der Waals surface area contributed by atoms with Gasteiger partial charge in [-0.05, 0) is 39.2 Å². The molecule has 0 amide bonds. The van der Waals surface area contributed by atoms with E-state index in [0.29, 0.717) is 18.9 Å². The summed E-state index contributed by atoms with van der Waals surface area (Å²) in [5.74, 6) is -0.310. The monoisotopic (exact) mass is 215 g/mol. The van der Waals surface area contributed by atoms with Crippen LogP contribution in [0, 0.1) is 5.92 Å². The fourth-order valence-electron chi connectivity index (χ4n) is 2.13. The number of β-amino-alcohol motifs (C(OH)–C–C–N with tert-alkyl or cyclic N) is 1. The van der Waals surface area contributed by atoms with Gasteiger partial charge in [-0.1, -0.05) is 6.92 Å². The summed E-state index contributed by atoms with van der Waals surface area (Å²) in [6, 6.07) is -0.430. The van der Waals surface area contributed by atoms with Gasteiger partial charge in [0.05, 0.1) is 5.60 Å². The Bertz CT molecular complexity index is 234. The smallest absolute Gasteiger partial charge is 0.320 e. The van der Waals surface area contributed by atoms with Crippen LogP contribution in [-0.4, -0.2) is 45.8 Å². The van der Waals surface area contributed by atoms with Crippen molar-refractivity contribution in [3.63, 3.8) is 0 Å². The van der Waals surface area contributed by atoms with E-state index in [-0.39, 0.29) is 0 Å². The first-order valence-electron chi connectivity index (χ1n) is 5.49. The van der Waals surface area contributed by atoms with Gasteiger partial charge in [0, 0.05) is 6.54 Å². The molecule has 0 radical (unpaired) electrons. The van der Waals surface area contributed by atoms with Gasteiger partial charge in [0.15, 0.2) is 0 Å². The van der Waals surface area contributed by atoms with Gasteiger partial charge < -0.3 is 10.2 Å². The highest BCUT2D eigenvalue weighted by Crippen LogP contribution is 2.24. The third kappa shape index (κ3) is 3.80. The van der Waals surface area contributed by atoms with Gasteiger partial charge in [0.1, 0.15) is 6.04 Å². The largest absolute Gasteiger partial charge is 0.480 e. The molecule has 1 fully saturated rings. The van der Waals surface area contributed by atoms with E-state index in [1.807, 2.05) is 4.90 Å². The van der Waals surface area contributed by atoms with Crippen LogP contribution in [0.4, 0.5) is 0 Å². The van der Waals surface area contributed by atoms with Crippen molar-refractivity contribution < 1.29 is 15.0 Å². The average molecular weight is 215 g/mol. The molecule has 2 atom stereocenters. The third-order valence-corrected chi connectivity index (χ3v) is 2.85. The first-order chi connectivity index (χ1) is 6.79. The molecule has 0 spiro atoms. The molecule has 1 saturated heterocycles. The Balaban J connectivity index is 2.65.